The molecule has 162 valence electrons. The number of anilines is 2. The van der Waals surface area contributed by atoms with Crippen LogP contribution in [0.4, 0.5) is 11.5 Å². The first kappa shape index (κ1) is 20.6. The fraction of sp³-hybridized carbons (Fsp3) is 0.417. The number of amides is 1. The van der Waals surface area contributed by atoms with Gasteiger partial charge in [-0.3, -0.25) is 4.79 Å². The van der Waals surface area contributed by atoms with Crippen molar-refractivity contribution in [2.24, 2.45) is 5.92 Å². The number of benzene rings is 1. The fourth-order valence-electron chi connectivity index (χ4n) is 4.82. The lowest BCUT2D eigenvalue weighted by Gasteiger charge is -2.40. The van der Waals surface area contributed by atoms with Crippen LogP contribution in [0.1, 0.15) is 17.7 Å². The molecule has 1 aromatic carbocycles. The molecular weight excluding hydrogens is 428 g/mol. The van der Waals surface area contributed by atoms with E-state index in [1.807, 2.05) is 24.4 Å². The Morgan fingerprint density at radius 1 is 1.10 bits per heavy atom. The quantitative estimate of drug-likeness (QED) is 0.568. The lowest BCUT2D eigenvalue weighted by molar-refractivity contribution is -0.136. The maximum atomic E-state index is 13.3. The van der Waals surface area contributed by atoms with Crippen LogP contribution in [0.3, 0.4) is 0 Å². The number of piperazine rings is 1. The molecule has 0 N–H and O–H groups in total. The fourth-order valence-corrected chi connectivity index (χ4v) is 5.91. The van der Waals surface area contributed by atoms with Crippen LogP contribution in [0.5, 0.6) is 0 Å². The topological polar surface area (TPSA) is 39.7 Å². The van der Waals surface area contributed by atoms with Gasteiger partial charge in [-0.1, -0.05) is 17.7 Å². The van der Waals surface area contributed by atoms with Gasteiger partial charge in [0, 0.05) is 71.1 Å². The molecule has 5 rings (SSSR count). The third kappa shape index (κ3) is 4.23. The summed E-state index contributed by atoms with van der Waals surface area (Å²) >= 11 is 7.95. The third-order valence-electron chi connectivity index (χ3n) is 6.38. The summed E-state index contributed by atoms with van der Waals surface area (Å²) in [6, 6.07) is 12.3. The number of pyridine rings is 1. The Morgan fingerprint density at radius 2 is 1.94 bits per heavy atom. The van der Waals surface area contributed by atoms with Crippen molar-refractivity contribution in [3.05, 3.63) is 52.5 Å². The minimum Gasteiger partial charge on any atom is -0.368 e. The highest BCUT2D eigenvalue weighted by molar-refractivity contribution is 7.19. The van der Waals surface area contributed by atoms with Crippen LogP contribution < -0.4 is 9.80 Å². The molecule has 0 aliphatic carbocycles. The second-order valence-corrected chi connectivity index (χ2v) is 10.2. The molecule has 1 atom stereocenters. The lowest BCUT2D eigenvalue weighted by Crippen LogP contribution is -2.52. The van der Waals surface area contributed by atoms with E-state index in [-0.39, 0.29) is 5.92 Å². The summed E-state index contributed by atoms with van der Waals surface area (Å²) in [4.78, 5) is 26.0. The predicted octanol–water partition coefficient (Wildman–Crippen LogP) is 4.82. The number of halogens is 1. The van der Waals surface area contributed by atoms with Crippen LogP contribution in [0.25, 0.3) is 10.1 Å². The van der Waals surface area contributed by atoms with Crippen molar-refractivity contribution in [2.45, 2.75) is 19.8 Å². The number of hydrogen-bond donors (Lipinski definition) is 0. The summed E-state index contributed by atoms with van der Waals surface area (Å²) < 4.78 is 1.27. The van der Waals surface area contributed by atoms with E-state index in [9.17, 15) is 4.79 Å². The molecule has 5 nitrogen and oxygen atoms in total. The number of carbonyl (C=O) groups excluding carboxylic acids is 1. The Kier molecular flexibility index (Phi) is 5.76. The van der Waals surface area contributed by atoms with Crippen LogP contribution >= 0.6 is 22.9 Å². The Morgan fingerprint density at radius 3 is 2.74 bits per heavy atom. The van der Waals surface area contributed by atoms with Gasteiger partial charge in [0.15, 0.2) is 0 Å². The second-order valence-electron chi connectivity index (χ2n) is 8.48. The number of rotatable bonds is 3. The van der Waals surface area contributed by atoms with E-state index in [1.54, 1.807) is 11.3 Å². The zero-order valence-corrected chi connectivity index (χ0v) is 19.3. The molecule has 0 radical (unpaired) electrons. The molecule has 4 heterocycles. The average Bonchev–Trinajstić information content (AvgIpc) is 3.19. The minimum absolute atomic E-state index is 0.0447. The van der Waals surface area contributed by atoms with Gasteiger partial charge in [-0.2, -0.15) is 0 Å². The summed E-state index contributed by atoms with van der Waals surface area (Å²) in [6.07, 6.45) is 3.89. The van der Waals surface area contributed by atoms with Gasteiger partial charge in [0.1, 0.15) is 5.82 Å². The summed E-state index contributed by atoms with van der Waals surface area (Å²) in [6.45, 7) is 7.08. The van der Waals surface area contributed by atoms with Crippen LogP contribution in [0.2, 0.25) is 5.02 Å². The first-order chi connectivity index (χ1) is 15.1. The average molecular weight is 455 g/mol. The number of piperidine rings is 1. The number of thiophene rings is 1. The Hall–Kier alpha value is -2.31. The molecule has 2 saturated heterocycles. The standard InChI is InChI=1S/C24H27ClN4OS/c1-17-14-21-22(31-17)7-8-26-23(21)29-9-3-4-18(16-29)24(30)28-12-10-27(11-13-28)20-6-2-5-19(25)15-20/h2,5-8,14-15,18H,3-4,9-13,16H2,1H3. The first-order valence-corrected chi connectivity index (χ1v) is 12.2. The van der Waals surface area contributed by atoms with Crippen LogP contribution in [-0.2, 0) is 4.79 Å². The van der Waals surface area contributed by atoms with Gasteiger partial charge in [0.05, 0.1) is 5.92 Å². The van der Waals surface area contributed by atoms with Crippen molar-refractivity contribution in [3.63, 3.8) is 0 Å². The van der Waals surface area contributed by atoms with E-state index >= 15 is 0 Å². The number of fused-ring (bicyclic) bond motifs is 1. The monoisotopic (exact) mass is 454 g/mol. The zero-order chi connectivity index (χ0) is 21.4. The second kappa shape index (κ2) is 8.67. The number of nitrogens with zero attached hydrogens (tertiary/aromatic N) is 4. The summed E-state index contributed by atoms with van der Waals surface area (Å²) in [7, 11) is 0. The van der Waals surface area contributed by atoms with Crippen LogP contribution in [-0.4, -0.2) is 55.1 Å². The van der Waals surface area contributed by atoms with Crippen molar-refractivity contribution >= 4 is 50.4 Å². The smallest absolute Gasteiger partial charge is 0.227 e. The third-order valence-corrected chi connectivity index (χ3v) is 7.63. The molecule has 2 aliphatic heterocycles. The minimum atomic E-state index is 0.0447. The normalized spacial score (nSPS) is 19.8. The highest BCUT2D eigenvalue weighted by atomic mass is 35.5. The summed E-state index contributed by atoms with van der Waals surface area (Å²) in [5.41, 5.74) is 1.13. The molecule has 0 spiro atoms. The van der Waals surface area contributed by atoms with Gasteiger partial charge in [0.25, 0.3) is 0 Å². The van der Waals surface area contributed by atoms with E-state index in [0.717, 1.165) is 68.6 Å². The van der Waals surface area contributed by atoms with Gasteiger partial charge in [-0.15, -0.1) is 11.3 Å². The van der Waals surface area contributed by atoms with Gasteiger partial charge in [-0.25, -0.2) is 4.98 Å². The van der Waals surface area contributed by atoms with Gasteiger partial charge < -0.3 is 14.7 Å². The van der Waals surface area contributed by atoms with E-state index in [4.69, 9.17) is 16.6 Å². The molecule has 2 aromatic heterocycles. The Bertz CT molecular complexity index is 1090. The molecule has 0 saturated carbocycles. The zero-order valence-electron chi connectivity index (χ0n) is 17.8. The van der Waals surface area contributed by atoms with Crippen LogP contribution in [0.15, 0.2) is 42.6 Å². The van der Waals surface area contributed by atoms with E-state index in [1.165, 1.54) is 15.0 Å². The summed E-state index contributed by atoms with van der Waals surface area (Å²) in [5.74, 6) is 1.37. The Balaban J connectivity index is 1.25. The molecule has 31 heavy (non-hydrogen) atoms. The Labute approximate surface area is 192 Å². The summed E-state index contributed by atoms with van der Waals surface area (Å²) in [5, 5.41) is 1.97. The van der Waals surface area contributed by atoms with Crippen LogP contribution in [0, 0.1) is 12.8 Å². The van der Waals surface area contributed by atoms with Crippen molar-refractivity contribution in [1.29, 1.82) is 0 Å². The number of aryl methyl sites for hydroxylation is 1. The van der Waals surface area contributed by atoms with E-state index in [2.05, 4.69) is 39.8 Å². The maximum absolute atomic E-state index is 13.3. The van der Waals surface area contributed by atoms with E-state index in [0.29, 0.717) is 5.91 Å². The highest BCUT2D eigenvalue weighted by Crippen LogP contribution is 2.33. The number of hydrogen-bond acceptors (Lipinski definition) is 5. The first-order valence-electron chi connectivity index (χ1n) is 11.0. The SMILES string of the molecule is Cc1cc2c(N3CCCC(C(=O)N4CCN(c5cccc(Cl)c5)CC4)C3)nccc2s1. The molecule has 7 heteroatoms. The van der Waals surface area contributed by atoms with Gasteiger partial charge in [0.2, 0.25) is 5.91 Å². The lowest BCUT2D eigenvalue weighted by atomic mass is 9.96. The van der Waals surface area contributed by atoms with E-state index < -0.39 is 0 Å². The molecule has 1 unspecified atom stereocenters. The van der Waals surface area contributed by atoms with Crippen molar-refractivity contribution in [2.75, 3.05) is 49.1 Å². The number of aromatic nitrogens is 1. The van der Waals surface area contributed by atoms with Crippen molar-refractivity contribution < 1.29 is 4.79 Å². The maximum Gasteiger partial charge on any atom is 0.227 e. The van der Waals surface area contributed by atoms with Crippen molar-refractivity contribution in [1.82, 2.24) is 9.88 Å². The molecule has 3 aromatic rings. The molecule has 2 fully saturated rings. The molecule has 2 aliphatic rings. The van der Waals surface area contributed by atoms with Crippen molar-refractivity contribution in [3.8, 4) is 0 Å². The number of carbonyl (C=O) groups is 1. The predicted molar refractivity (Wildman–Crippen MR) is 130 cm³/mol. The molecule has 1 amide bonds. The molecule has 0 bridgehead atoms. The highest BCUT2D eigenvalue weighted by Gasteiger charge is 2.32. The van der Waals surface area contributed by atoms with Gasteiger partial charge >= 0.3 is 0 Å². The molecular formula is C24H27ClN4OS. The largest absolute Gasteiger partial charge is 0.368 e. The van der Waals surface area contributed by atoms with Gasteiger partial charge in [-0.05, 0) is 50.1 Å².